The van der Waals surface area contributed by atoms with E-state index >= 15 is 0 Å². The zero-order valence-electron chi connectivity index (χ0n) is 35.6. The van der Waals surface area contributed by atoms with Gasteiger partial charge in [-0.2, -0.15) is 132 Å². The van der Waals surface area contributed by atoms with Crippen molar-refractivity contribution in [2.75, 3.05) is 0 Å². The van der Waals surface area contributed by atoms with E-state index in [1.807, 2.05) is 36.7 Å². The van der Waals surface area contributed by atoms with E-state index in [4.69, 9.17) is 0 Å². The molecule has 0 spiro atoms. The Morgan fingerprint density at radius 2 is 0.662 bits per heavy atom. The van der Waals surface area contributed by atoms with Gasteiger partial charge < -0.3 is 0 Å². The number of nitrogens with zero attached hydrogens (tertiary/aromatic N) is 2. The average Bonchev–Trinajstić information content (AvgIpc) is 3.25. The summed E-state index contributed by atoms with van der Waals surface area (Å²) in [4.78, 5) is 4.13. The van der Waals surface area contributed by atoms with Gasteiger partial charge in [-0.05, 0) is 56.1 Å². The smallest absolute Gasteiger partial charge is 0.252 e. The molecule has 0 saturated carbocycles. The summed E-state index contributed by atoms with van der Waals surface area (Å²) < 4.78 is 344. The molecule has 74 heavy (non-hydrogen) atoms. The van der Waals surface area contributed by atoms with E-state index < -0.39 is 195 Å². The molecule has 29 heteroatoms. The third kappa shape index (κ3) is 14.1. The van der Waals surface area contributed by atoms with Crippen LogP contribution in [0.1, 0.15) is 55.8 Å². The Morgan fingerprint density at radius 1 is 0.405 bits per heavy atom. The molecule has 0 N–H and O–H groups in total. The van der Waals surface area contributed by atoms with Gasteiger partial charge in [0.25, 0.3) is 0 Å². The summed E-state index contributed by atoms with van der Waals surface area (Å²) in [5.74, 6) is 0. The highest BCUT2D eigenvalue weighted by Gasteiger charge is 2.47. The van der Waals surface area contributed by atoms with Crippen LogP contribution in [0.2, 0.25) is 0 Å². The molecule has 0 aliphatic heterocycles. The predicted molar refractivity (Wildman–Crippen MR) is 226 cm³/mol. The summed E-state index contributed by atoms with van der Waals surface area (Å²) in [6, 6.07) is 1.54. The Balaban J connectivity index is 0.000000500. The number of alkyl halides is 24. The molecule has 0 atom stereocenters. The maximum Gasteiger partial charge on any atom is 0.416 e. The molecule has 6 aromatic rings. The first kappa shape index (κ1) is 59.1. The zero-order chi connectivity index (χ0) is 56.0. The van der Waals surface area contributed by atoms with Crippen LogP contribution in [-0.4, -0.2) is 11.1 Å². The maximum absolute atomic E-state index is 14.2. The maximum atomic E-state index is 14.2. The second-order valence-electron chi connectivity index (χ2n) is 15.8. The van der Waals surface area contributed by atoms with Gasteiger partial charge in [0.1, 0.15) is 6.15 Å². The van der Waals surface area contributed by atoms with E-state index in [1.165, 1.54) is 5.56 Å². The molecule has 0 fully saturated rings. The second kappa shape index (κ2) is 20.8. The Labute approximate surface area is 416 Å². The summed E-state index contributed by atoms with van der Waals surface area (Å²) in [7, 11) is 0. The Kier molecular flexibility index (Phi) is 16.6. The van der Waals surface area contributed by atoms with Crippen LogP contribution in [-0.2, 0) is 56.0 Å². The molecule has 0 amide bonds. The van der Waals surface area contributed by atoms with Gasteiger partial charge in [-0.1, -0.05) is 78.9 Å². The molecule has 0 radical (unpaired) electrons. The first-order chi connectivity index (χ1) is 33.5. The van der Waals surface area contributed by atoms with Crippen LogP contribution in [0.15, 0.2) is 125 Å². The molecule has 0 bridgehead atoms. The molecule has 1 aromatic heterocycles. The van der Waals surface area contributed by atoms with Crippen LogP contribution in [0.3, 0.4) is 0 Å². The third-order valence-electron chi connectivity index (χ3n) is 10.8. The third-order valence-corrected chi connectivity index (χ3v) is 11.2. The van der Waals surface area contributed by atoms with Gasteiger partial charge in [0.2, 0.25) is 5.69 Å². The molecule has 0 saturated heterocycles. The lowest BCUT2D eigenvalue weighted by atomic mass is 9.12. The lowest BCUT2D eigenvalue weighted by Crippen LogP contribution is -2.75. The van der Waals surface area contributed by atoms with E-state index in [2.05, 4.69) is 53.5 Å². The fourth-order valence-corrected chi connectivity index (χ4v) is 8.09. The fraction of sp³-hybridized carbons (Fsp3) is 0.200. The number of rotatable bonds is 7. The Bertz CT molecular complexity index is 2560. The minimum absolute atomic E-state index is 0.691. The number of hydrogen-bond donors (Lipinski definition) is 0. The van der Waals surface area contributed by atoms with Crippen molar-refractivity contribution in [2.24, 2.45) is 0 Å². The summed E-state index contributed by atoms with van der Waals surface area (Å²) in [5, 5.41) is 0. The molecule has 2 nitrogen and oxygen atoms in total. The standard InChI is InChI=1S/C32H12BF24.C13H11Br2N2/c34-25(35,36)13-1-14(26(37,38)39)6-21(5-13)33(22-7-15(27(40,41)42)2-16(8-22)28(43,44)45,23-9-17(29(46,47)48)3-18(10-23)30(49,50)51)24-11-19(31(52,53)54)4-20(12-24)32(55,56)57;14-13(15)8-12-9-16-6-7-17(12)10-11-4-2-1-3-5-11/h1-12H;1-9H,10H2/q-1;+1. The molecule has 0 aliphatic carbocycles. The van der Waals surface area contributed by atoms with Gasteiger partial charge in [-0.3, -0.25) is 4.98 Å². The van der Waals surface area contributed by atoms with E-state index in [9.17, 15) is 105 Å². The van der Waals surface area contributed by atoms with Crippen LogP contribution in [0, 0.1) is 0 Å². The predicted octanol–water partition coefficient (Wildman–Crippen LogP) is 14.7. The van der Waals surface area contributed by atoms with Crippen molar-refractivity contribution in [1.29, 1.82) is 0 Å². The van der Waals surface area contributed by atoms with E-state index in [1.54, 1.807) is 6.20 Å². The van der Waals surface area contributed by atoms with Crippen LogP contribution >= 0.6 is 31.9 Å². The van der Waals surface area contributed by atoms with Crippen LogP contribution in [0.25, 0.3) is 6.08 Å². The lowest BCUT2D eigenvalue weighted by molar-refractivity contribution is -0.690. The highest BCUT2D eigenvalue weighted by atomic mass is 79.9. The zero-order valence-corrected chi connectivity index (χ0v) is 38.8. The van der Waals surface area contributed by atoms with Gasteiger partial charge in [0.15, 0.2) is 12.7 Å². The van der Waals surface area contributed by atoms with Crippen molar-refractivity contribution in [3.8, 4) is 0 Å². The number of aromatic nitrogens is 2. The van der Waals surface area contributed by atoms with Gasteiger partial charge in [0, 0.05) is 11.6 Å². The quantitative estimate of drug-likeness (QED) is 0.0884. The van der Waals surface area contributed by atoms with Crippen LogP contribution in [0.5, 0.6) is 0 Å². The topological polar surface area (TPSA) is 16.8 Å². The molecule has 398 valence electrons. The molecule has 0 aliphatic rings. The number of halogens is 26. The van der Waals surface area contributed by atoms with E-state index in [0.717, 1.165) is 15.6 Å². The Morgan fingerprint density at radius 3 is 0.892 bits per heavy atom. The van der Waals surface area contributed by atoms with Gasteiger partial charge >= 0.3 is 49.4 Å². The van der Waals surface area contributed by atoms with Crippen LogP contribution < -0.4 is 26.4 Å². The largest absolute Gasteiger partial charge is 0.416 e. The number of hydrogen-bond acceptors (Lipinski definition) is 1. The normalized spacial score (nSPS) is 13.3. The van der Waals surface area contributed by atoms with Gasteiger partial charge in [0.05, 0.1) is 60.3 Å². The van der Waals surface area contributed by atoms with E-state index in [0.29, 0.717) is 0 Å². The minimum atomic E-state index is -6.13. The molecule has 5 aromatic carbocycles. The first-order valence-electron chi connectivity index (χ1n) is 19.8. The summed E-state index contributed by atoms with van der Waals surface area (Å²) in [6.45, 7) is 0.836. The minimum Gasteiger partial charge on any atom is -0.252 e. The van der Waals surface area contributed by atoms with Gasteiger partial charge in [-0.15, -0.1) is 0 Å². The van der Waals surface area contributed by atoms with Gasteiger partial charge in [-0.25, -0.2) is 0 Å². The van der Waals surface area contributed by atoms with Crippen molar-refractivity contribution >= 4 is 65.9 Å². The molecule has 0 unspecified atom stereocenters. The molecule has 1 heterocycles. The highest BCUT2D eigenvalue weighted by Crippen LogP contribution is 2.41. The molecular formula is C45H23BBr2F24N2. The number of benzene rings is 5. The second-order valence-corrected chi connectivity index (χ2v) is 18.5. The lowest BCUT2D eigenvalue weighted by Gasteiger charge is -2.46. The van der Waals surface area contributed by atoms with E-state index in [-0.39, 0.29) is 0 Å². The summed E-state index contributed by atoms with van der Waals surface area (Å²) in [6.07, 6.45) is -47.2. The van der Waals surface area contributed by atoms with Crippen molar-refractivity contribution in [3.63, 3.8) is 0 Å². The molecular weight excluding hydrogens is 1200 g/mol. The first-order valence-corrected chi connectivity index (χ1v) is 21.4. The van der Waals surface area contributed by atoms with Crippen molar-refractivity contribution in [3.05, 3.63) is 181 Å². The average molecular weight is 1220 g/mol. The molecule has 6 rings (SSSR count). The highest BCUT2D eigenvalue weighted by molar-refractivity contribution is 9.28. The SMILES string of the molecule is BrC(Br)=Cc1cncc[n+]1Cc1ccccc1.FC(F)(F)c1cc([B-](c2cc(C(F)(F)F)cc(C(F)(F)F)c2)(c2cc(C(F)(F)F)cc(C(F)(F)F)c2)c2cc(C(F)(F)F)cc(C(F)(F)F)c2)cc(C(F)(F)F)c1. The fourth-order valence-electron chi connectivity index (χ4n) is 7.63. The Hall–Kier alpha value is -5.74. The summed E-state index contributed by atoms with van der Waals surface area (Å²) >= 11 is 6.73. The van der Waals surface area contributed by atoms with Crippen molar-refractivity contribution in [1.82, 2.24) is 4.98 Å². The monoisotopic (exact) mass is 1220 g/mol. The van der Waals surface area contributed by atoms with Crippen LogP contribution in [0.4, 0.5) is 105 Å². The van der Waals surface area contributed by atoms with Crippen molar-refractivity contribution in [2.45, 2.75) is 56.0 Å². The van der Waals surface area contributed by atoms with Crippen molar-refractivity contribution < 1.29 is 110 Å². The summed E-state index contributed by atoms with van der Waals surface area (Å²) in [5.41, 5.74) is -27.9.